The average Bonchev–Trinajstić information content (AvgIpc) is 2.56. The Balaban J connectivity index is 2.26. The zero-order chi connectivity index (χ0) is 14.7. The van der Waals surface area contributed by atoms with Gasteiger partial charge in [0.2, 0.25) is 0 Å². The summed E-state index contributed by atoms with van der Waals surface area (Å²) in [6.07, 6.45) is 1.73. The molecule has 0 N–H and O–H groups in total. The second-order valence-electron chi connectivity index (χ2n) is 4.94. The molecule has 0 spiro atoms. The monoisotopic (exact) mass is 293 g/mol. The number of rotatable bonds is 3. The number of pyridine rings is 1. The van der Waals surface area contributed by atoms with Crippen LogP contribution in [-0.2, 0) is 4.57 Å². The van der Waals surface area contributed by atoms with Crippen molar-refractivity contribution >= 4 is 23.1 Å². The second kappa shape index (κ2) is 5.67. The third kappa shape index (κ3) is 2.55. The first-order valence-corrected chi connectivity index (χ1v) is 8.56. The summed E-state index contributed by atoms with van der Waals surface area (Å²) in [5.41, 5.74) is 0.923. The number of hydrogen-bond donors (Lipinski definition) is 0. The van der Waals surface area contributed by atoms with E-state index in [9.17, 15) is 4.57 Å². The lowest BCUT2D eigenvalue weighted by Gasteiger charge is -2.19. The minimum absolute atomic E-state index is 0.769. The van der Waals surface area contributed by atoms with Gasteiger partial charge in [-0.05, 0) is 19.1 Å². The maximum absolute atomic E-state index is 13.9. The standard InChI is InChI=1S/C18H16NOP/c1-15-12-13-18(14-19-15)21(20,16-8-4-2-5-9-16)17-10-6-3-7-11-17/h2-14H,1H3. The number of aromatic nitrogens is 1. The van der Waals surface area contributed by atoms with E-state index in [1.54, 1.807) is 6.20 Å². The minimum Gasteiger partial charge on any atom is -0.309 e. The largest absolute Gasteiger partial charge is 0.309 e. The Morgan fingerprint density at radius 2 is 1.24 bits per heavy atom. The molecule has 0 atom stereocenters. The molecular formula is C18H16NOP. The molecule has 3 aromatic rings. The molecule has 2 nitrogen and oxygen atoms in total. The smallest absolute Gasteiger partial charge is 0.172 e. The number of hydrogen-bond acceptors (Lipinski definition) is 2. The number of aryl methyl sites for hydroxylation is 1. The van der Waals surface area contributed by atoms with Crippen molar-refractivity contribution in [3.8, 4) is 0 Å². The van der Waals surface area contributed by atoms with Crippen LogP contribution in [0.3, 0.4) is 0 Å². The summed E-state index contributed by atoms with van der Waals surface area (Å²) in [4.78, 5) is 4.32. The van der Waals surface area contributed by atoms with E-state index in [4.69, 9.17) is 0 Å². The number of nitrogens with zero attached hydrogens (tertiary/aromatic N) is 1. The molecular weight excluding hydrogens is 277 g/mol. The van der Waals surface area contributed by atoms with Crippen molar-refractivity contribution in [2.24, 2.45) is 0 Å². The first-order valence-electron chi connectivity index (χ1n) is 6.86. The summed E-state index contributed by atoms with van der Waals surface area (Å²) in [5.74, 6) is 0. The van der Waals surface area contributed by atoms with E-state index in [-0.39, 0.29) is 0 Å². The molecule has 0 saturated carbocycles. The topological polar surface area (TPSA) is 30.0 Å². The SMILES string of the molecule is Cc1ccc(P(=O)(c2ccccc2)c2ccccc2)cn1. The van der Waals surface area contributed by atoms with Gasteiger partial charge in [0.25, 0.3) is 0 Å². The van der Waals surface area contributed by atoms with Crippen molar-refractivity contribution < 1.29 is 4.57 Å². The molecule has 0 fully saturated rings. The van der Waals surface area contributed by atoms with Gasteiger partial charge in [0.1, 0.15) is 0 Å². The van der Waals surface area contributed by atoms with Crippen LogP contribution in [0.25, 0.3) is 0 Å². The predicted molar refractivity (Wildman–Crippen MR) is 88.4 cm³/mol. The predicted octanol–water partition coefficient (Wildman–Crippen LogP) is 3.03. The van der Waals surface area contributed by atoms with E-state index in [0.29, 0.717) is 0 Å². The third-order valence-corrected chi connectivity index (χ3v) is 6.54. The van der Waals surface area contributed by atoms with Crippen molar-refractivity contribution in [3.63, 3.8) is 0 Å². The molecule has 104 valence electrons. The highest BCUT2D eigenvalue weighted by atomic mass is 31.2. The molecule has 0 aliphatic rings. The highest BCUT2D eigenvalue weighted by molar-refractivity contribution is 7.85. The maximum atomic E-state index is 13.9. The van der Waals surface area contributed by atoms with Crippen LogP contribution in [0.5, 0.6) is 0 Å². The fourth-order valence-corrected chi connectivity index (χ4v) is 4.95. The Labute approximate surface area is 124 Å². The van der Waals surface area contributed by atoms with E-state index in [1.807, 2.05) is 79.7 Å². The Kier molecular flexibility index (Phi) is 3.72. The Morgan fingerprint density at radius 1 is 0.714 bits per heavy atom. The van der Waals surface area contributed by atoms with Crippen molar-refractivity contribution in [3.05, 3.63) is 84.7 Å². The first kappa shape index (κ1) is 13.8. The van der Waals surface area contributed by atoms with Gasteiger partial charge in [0, 0.05) is 27.8 Å². The van der Waals surface area contributed by atoms with Crippen molar-refractivity contribution in [1.29, 1.82) is 0 Å². The van der Waals surface area contributed by atoms with Crippen LogP contribution >= 0.6 is 7.14 Å². The normalized spacial score (nSPS) is 11.3. The molecule has 3 rings (SSSR count). The summed E-state index contributed by atoms with van der Waals surface area (Å²) >= 11 is 0. The van der Waals surface area contributed by atoms with Gasteiger partial charge >= 0.3 is 0 Å². The molecule has 0 aliphatic carbocycles. The van der Waals surface area contributed by atoms with Crippen LogP contribution in [0.1, 0.15) is 5.69 Å². The lowest BCUT2D eigenvalue weighted by Crippen LogP contribution is -2.25. The van der Waals surface area contributed by atoms with Gasteiger partial charge < -0.3 is 4.57 Å². The summed E-state index contributed by atoms with van der Waals surface area (Å²) in [6, 6.07) is 23.1. The second-order valence-corrected chi connectivity index (χ2v) is 7.71. The van der Waals surface area contributed by atoms with Crippen LogP contribution in [0.4, 0.5) is 0 Å². The molecule has 1 aromatic heterocycles. The van der Waals surface area contributed by atoms with Gasteiger partial charge in [-0.1, -0.05) is 60.7 Å². The zero-order valence-corrected chi connectivity index (χ0v) is 12.7. The van der Waals surface area contributed by atoms with Crippen molar-refractivity contribution in [1.82, 2.24) is 4.98 Å². The van der Waals surface area contributed by atoms with Crippen LogP contribution in [0.15, 0.2) is 79.0 Å². The maximum Gasteiger partial charge on any atom is 0.172 e. The van der Waals surface area contributed by atoms with Gasteiger partial charge in [-0.15, -0.1) is 0 Å². The molecule has 0 amide bonds. The van der Waals surface area contributed by atoms with Crippen LogP contribution < -0.4 is 15.9 Å². The van der Waals surface area contributed by atoms with E-state index >= 15 is 0 Å². The van der Waals surface area contributed by atoms with Gasteiger partial charge in [-0.3, -0.25) is 4.98 Å². The molecule has 1 heterocycles. The van der Waals surface area contributed by atoms with Crippen molar-refractivity contribution in [2.75, 3.05) is 0 Å². The van der Waals surface area contributed by atoms with Crippen molar-refractivity contribution in [2.45, 2.75) is 6.92 Å². The lowest BCUT2D eigenvalue weighted by molar-refractivity contribution is 0.592. The van der Waals surface area contributed by atoms with Crippen LogP contribution in [0, 0.1) is 6.92 Å². The molecule has 2 aromatic carbocycles. The third-order valence-electron chi connectivity index (χ3n) is 3.50. The zero-order valence-electron chi connectivity index (χ0n) is 11.8. The van der Waals surface area contributed by atoms with E-state index < -0.39 is 7.14 Å². The summed E-state index contributed by atoms with van der Waals surface area (Å²) < 4.78 is 13.9. The molecule has 0 aliphatic heterocycles. The van der Waals surface area contributed by atoms with Gasteiger partial charge in [-0.25, -0.2) is 0 Å². The fraction of sp³-hybridized carbons (Fsp3) is 0.0556. The minimum atomic E-state index is -2.86. The average molecular weight is 293 g/mol. The summed E-state index contributed by atoms with van der Waals surface area (Å²) in [7, 11) is -2.86. The van der Waals surface area contributed by atoms with E-state index in [0.717, 1.165) is 21.6 Å². The van der Waals surface area contributed by atoms with Crippen LogP contribution in [-0.4, -0.2) is 4.98 Å². The lowest BCUT2D eigenvalue weighted by atomic mass is 10.4. The van der Waals surface area contributed by atoms with E-state index in [2.05, 4.69) is 4.98 Å². The number of benzene rings is 2. The summed E-state index contributed by atoms with van der Waals surface area (Å²) in [5, 5.41) is 2.44. The Hall–Kier alpha value is -2.18. The molecule has 21 heavy (non-hydrogen) atoms. The molecule has 0 unspecified atom stereocenters. The molecule has 0 bridgehead atoms. The Bertz CT molecular complexity index is 724. The highest BCUT2D eigenvalue weighted by Crippen LogP contribution is 2.41. The van der Waals surface area contributed by atoms with E-state index in [1.165, 1.54) is 0 Å². The van der Waals surface area contributed by atoms with Gasteiger partial charge in [0.05, 0.1) is 0 Å². The van der Waals surface area contributed by atoms with Gasteiger partial charge in [-0.2, -0.15) is 0 Å². The molecule has 0 saturated heterocycles. The molecule has 3 heteroatoms. The van der Waals surface area contributed by atoms with Crippen LogP contribution in [0.2, 0.25) is 0 Å². The van der Waals surface area contributed by atoms with Gasteiger partial charge in [0.15, 0.2) is 7.14 Å². The molecule has 0 radical (unpaired) electrons. The summed E-state index contributed by atoms with van der Waals surface area (Å²) in [6.45, 7) is 1.93. The Morgan fingerprint density at radius 3 is 1.67 bits per heavy atom. The fourth-order valence-electron chi connectivity index (χ4n) is 2.37. The quantitative estimate of drug-likeness (QED) is 0.695. The first-order chi connectivity index (χ1) is 10.2. The highest BCUT2D eigenvalue weighted by Gasteiger charge is 2.29.